The molecule has 0 spiro atoms. The van der Waals surface area contributed by atoms with Gasteiger partial charge in [0.1, 0.15) is 0 Å². The van der Waals surface area contributed by atoms with Gasteiger partial charge in [-0.25, -0.2) is 0 Å². The van der Waals surface area contributed by atoms with Crippen LogP contribution in [0.4, 0.5) is 0 Å². The molecule has 4 heteroatoms. The summed E-state index contributed by atoms with van der Waals surface area (Å²) in [6.45, 7) is 0. The molecule has 0 aliphatic heterocycles. The van der Waals surface area contributed by atoms with Crippen LogP contribution in [-0.2, 0) is 9.59 Å². The highest BCUT2D eigenvalue weighted by molar-refractivity contribution is 5.81. The summed E-state index contributed by atoms with van der Waals surface area (Å²) in [6.07, 6.45) is 3.58. The van der Waals surface area contributed by atoms with Gasteiger partial charge in [0, 0.05) is 0 Å². The molecular formula is C10H14O4. The van der Waals surface area contributed by atoms with Crippen molar-refractivity contribution in [1.82, 2.24) is 0 Å². The summed E-state index contributed by atoms with van der Waals surface area (Å²) >= 11 is 0. The number of rotatable bonds is 2. The lowest BCUT2D eigenvalue weighted by Gasteiger charge is -2.44. The van der Waals surface area contributed by atoms with Crippen molar-refractivity contribution in [3.63, 3.8) is 0 Å². The van der Waals surface area contributed by atoms with Crippen LogP contribution in [0.1, 0.15) is 25.7 Å². The maximum Gasteiger partial charge on any atom is 0.307 e. The molecule has 0 radical (unpaired) electrons. The third kappa shape index (κ3) is 1.29. The molecule has 3 aliphatic carbocycles. The second kappa shape index (κ2) is 3.26. The number of carboxylic acids is 2. The van der Waals surface area contributed by atoms with E-state index in [4.69, 9.17) is 10.2 Å². The zero-order valence-electron chi connectivity index (χ0n) is 7.85. The second-order valence-electron chi connectivity index (χ2n) is 4.40. The van der Waals surface area contributed by atoms with Crippen LogP contribution in [0.5, 0.6) is 0 Å². The van der Waals surface area contributed by atoms with Crippen molar-refractivity contribution in [1.29, 1.82) is 0 Å². The maximum absolute atomic E-state index is 11.0. The first-order valence-corrected chi connectivity index (χ1v) is 5.07. The second-order valence-corrected chi connectivity index (χ2v) is 4.40. The van der Waals surface area contributed by atoms with Gasteiger partial charge in [0.05, 0.1) is 11.8 Å². The van der Waals surface area contributed by atoms with Crippen LogP contribution < -0.4 is 0 Å². The zero-order chi connectivity index (χ0) is 10.3. The molecule has 0 heterocycles. The summed E-state index contributed by atoms with van der Waals surface area (Å²) in [7, 11) is 0. The van der Waals surface area contributed by atoms with Crippen molar-refractivity contribution >= 4 is 11.9 Å². The third-order valence-electron chi connectivity index (χ3n) is 3.79. The Labute approximate surface area is 81.9 Å². The quantitative estimate of drug-likeness (QED) is 0.699. The van der Waals surface area contributed by atoms with E-state index in [1.807, 2.05) is 0 Å². The van der Waals surface area contributed by atoms with Crippen molar-refractivity contribution in [3.8, 4) is 0 Å². The van der Waals surface area contributed by atoms with Crippen molar-refractivity contribution < 1.29 is 19.8 Å². The summed E-state index contributed by atoms with van der Waals surface area (Å²) in [5.41, 5.74) is 0. The van der Waals surface area contributed by atoms with E-state index in [0.29, 0.717) is 0 Å². The van der Waals surface area contributed by atoms with Gasteiger partial charge in [-0.05, 0) is 37.5 Å². The zero-order valence-corrected chi connectivity index (χ0v) is 7.85. The van der Waals surface area contributed by atoms with Crippen LogP contribution in [0, 0.1) is 23.7 Å². The maximum atomic E-state index is 11.0. The molecule has 0 amide bonds. The third-order valence-corrected chi connectivity index (χ3v) is 3.79. The lowest BCUT2D eigenvalue weighted by molar-refractivity contribution is -0.165. The van der Waals surface area contributed by atoms with Crippen molar-refractivity contribution in [2.24, 2.45) is 23.7 Å². The molecule has 0 aromatic carbocycles. The predicted octanol–water partition coefficient (Wildman–Crippen LogP) is 1.21. The van der Waals surface area contributed by atoms with E-state index >= 15 is 0 Å². The molecule has 2 atom stereocenters. The van der Waals surface area contributed by atoms with Crippen LogP contribution in [0.2, 0.25) is 0 Å². The molecule has 3 aliphatic rings. The van der Waals surface area contributed by atoms with Crippen LogP contribution in [0.25, 0.3) is 0 Å². The standard InChI is InChI=1S/C10H14O4/c11-9(12)7-5-1-2-6(4-3-5)8(7)10(13)14/h5-8H,1-4H2,(H,11,12)(H,13,14)/t5?,6?,7-,8-/m1/s1. The van der Waals surface area contributed by atoms with Crippen LogP contribution in [-0.4, -0.2) is 22.2 Å². The minimum Gasteiger partial charge on any atom is -0.481 e. The Morgan fingerprint density at radius 3 is 1.29 bits per heavy atom. The number of hydrogen-bond acceptors (Lipinski definition) is 2. The van der Waals surface area contributed by atoms with E-state index in [9.17, 15) is 9.59 Å². The van der Waals surface area contributed by atoms with Gasteiger partial charge in [0.15, 0.2) is 0 Å². The first-order valence-electron chi connectivity index (χ1n) is 5.07. The largest absolute Gasteiger partial charge is 0.481 e. The van der Waals surface area contributed by atoms with Gasteiger partial charge in [-0.1, -0.05) is 0 Å². The lowest BCUT2D eigenvalue weighted by Crippen LogP contribution is -2.47. The predicted molar refractivity (Wildman–Crippen MR) is 47.7 cm³/mol. The normalized spacial score (nSPS) is 40.9. The molecule has 3 saturated carbocycles. The molecule has 78 valence electrons. The highest BCUT2D eigenvalue weighted by Crippen LogP contribution is 2.48. The van der Waals surface area contributed by atoms with Crippen molar-refractivity contribution in [2.75, 3.05) is 0 Å². The van der Waals surface area contributed by atoms with E-state index in [-0.39, 0.29) is 11.8 Å². The fourth-order valence-corrected chi connectivity index (χ4v) is 3.16. The molecule has 3 rings (SSSR count). The fourth-order valence-electron chi connectivity index (χ4n) is 3.16. The molecule has 0 saturated heterocycles. The Hall–Kier alpha value is -1.06. The molecule has 0 unspecified atom stereocenters. The highest BCUT2D eigenvalue weighted by atomic mass is 16.4. The summed E-state index contributed by atoms with van der Waals surface area (Å²) in [4.78, 5) is 22.0. The number of carboxylic acid groups (broad SMARTS) is 2. The molecule has 14 heavy (non-hydrogen) atoms. The van der Waals surface area contributed by atoms with Gasteiger partial charge in [0.25, 0.3) is 0 Å². The monoisotopic (exact) mass is 198 g/mol. The Morgan fingerprint density at radius 1 is 0.786 bits per heavy atom. The molecule has 0 aromatic heterocycles. The minimum absolute atomic E-state index is 0.0959. The van der Waals surface area contributed by atoms with E-state index in [0.717, 1.165) is 25.7 Å². The highest BCUT2D eigenvalue weighted by Gasteiger charge is 2.50. The van der Waals surface area contributed by atoms with E-state index in [1.54, 1.807) is 0 Å². The minimum atomic E-state index is -0.924. The number of aliphatic carboxylic acids is 2. The van der Waals surface area contributed by atoms with Gasteiger partial charge in [-0.2, -0.15) is 0 Å². The molecule has 0 aromatic rings. The molecule has 3 fully saturated rings. The average molecular weight is 198 g/mol. The smallest absolute Gasteiger partial charge is 0.307 e. The molecule has 2 bridgehead atoms. The summed E-state index contributed by atoms with van der Waals surface area (Å²) in [5, 5.41) is 18.0. The van der Waals surface area contributed by atoms with Crippen LogP contribution in [0.3, 0.4) is 0 Å². The number of hydrogen-bond donors (Lipinski definition) is 2. The number of fused-ring (bicyclic) bond motifs is 3. The molecular weight excluding hydrogens is 184 g/mol. The van der Waals surface area contributed by atoms with Crippen molar-refractivity contribution in [2.45, 2.75) is 25.7 Å². The topological polar surface area (TPSA) is 74.6 Å². The van der Waals surface area contributed by atoms with Crippen molar-refractivity contribution in [3.05, 3.63) is 0 Å². The van der Waals surface area contributed by atoms with Crippen LogP contribution in [0.15, 0.2) is 0 Å². The first-order chi connectivity index (χ1) is 6.61. The SMILES string of the molecule is O=C(O)[C@@H]1C2CCC(CC2)[C@H]1C(=O)O. The molecule has 4 nitrogen and oxygen atoms in total. The Kier molecular flexibility index (Phi) is 2.21. The van der Waals surface area contributed by atoms with Gasteiger partial charge >= 0.3 is 11.9 Å². The first kappa shape index (κ1) is 9.49. The summed E-state index contributed by atoms with van der Waals surface area (Å²) in [5.74, 6) is -2.93. The Bertz CT molecular complexity index is 237. The lowest BCUT2D eigenvalue weighted by atomic mass is 9.58. The van der Waals surface area contributed by atoms with E-state index < -0.39 is 23.8 Å². The van der Waals surface area contributed by atoms with E-state index in [2.05, 4.69) is 0 Å². The number of carbonyl (C=O) groups is 2. The summed E-state index contributed by atoms with van der Waals surface area (Å²) < 4.78 is 0. The van der Waals surface area contributed by atoms with Crippen LogP contribution >= 0.6 is 0 Å². The fraction of sp³-hybridized carbons (Fsp3) is 0.800. The van der Waals surface area contributed by atoms with Gasteiger partial charge in [-0.3, -0.25) is 9.59 Å². The van der Waals surface area contributed by atoms with Gasteiger partial charge < -0.3 is 10.2 Å². The molecule has 2 N–H and O–H groups in total. The Balaban J connectivity index is 2.27. The Morgan fingerprint density at radius 2 is 1.07 bits per heavy atom. The average Bonchev–Trinajstić information content (AvgIpc) is 2.17. The van der Waals surface area contributed by atoms with E-state index in [1.165, 1.54) is 0 Å². The van der Waals surface area contributed by atoms with Gasteiger partial charge in [0.2, 0.25) is 0 Å². The van der Waals surface area contributed by atoms with Gasteiger partial charge in [-0.15, -0.1) is 0 Å². The summed E-state index contributed by atoms with van der Waals surface area (Å²) in [6, 6.07) is 0.